The molecular weight excluding hydrogens is 264 g/mol. The topological polar surface area (TPSA) is 72.3 Å². The number of ether oxygens (including phenoxy) is 1. The van der Waals surface area contributed by atoms with E-state index in [9.17, 15) is 4.79 Å². The number of hydrogen-bond acceptors (Lipinski definition) is 4. The van der Waals surface area contributed by atoms with Gasteiger partial charge in [0.2, 0.25) is 0 Å². The summed E-state index contributed by atoms with van der Waals surface area (Å²) in [6.45, 7) is 2.84. The molecule has 0 radical (unpaired) electrons. The van der Waals surface area contributed by atoms with Crippen molar-refractivity contribution in [3.8, 4) is 0 Å². The van der Waals surface area contributed by atoms with Crippen LogP contribution in [-0.4, -0.2) is 27.7 Å². The maximum Gasteiger partial charge on any atom is 0.355 e. The van der Waals surface area contributed by atoms with Crippen LogP contribution in [0.5, 0.6) is 0 Å². The van der Waals surface area contributed by atoms with Crippen molar-refractivity contribution in [2.75, 3.05) is 6.61 Å². The minimum atomic E-state index is -1.08. The first-order valence-electron chi connectivity index (χ1n) is 4.47. The first kappa shape index (κ1) is 12.1. The summed E-state index contributed by atoms with van der Waals surface area (Å²) in [5.74, 6) is -0.704. The maximum atomic E-state index is 10.7. The third-order valence-corrected chi connectivity index (χ3v) is 2.16. The summed E-state index contributed by atoms with van der Waals surface area (Å²) < 4.78 is 5.58. The van der Waals surface area contributed by atoms with Crippen LogP contribution in [0.3, 0.4) is 0 Å². The van der Waals surface area contributed by atoms with Crippen LogP contribution in [0.25, 0.3) is 0 Å². The average Bonchev–Trinajstić information content (AvgIpc) is 2.20. The van der Waals surface area contributed by atoms with Crippen molar-refractivity contribution >= 4 is 21.9 Å². The van der Waals surface area contributed by atoms with Crippen LogP contribution in [0, 0.1) is 0 Å². The molecule has 0 aromatic carbocycles. The molecule has 1 aromatic rings. The summed E-state index contributed by atoms with van der Waals surface area (Å²) in [5.41, 5.74) is -0.0416. The van der Waals surface area contributed by atoms with E-state index in [-0.39, 0.29) is 12.3 Å². The minimum Gasteiger partial charge on any atom is -0.476 e. The predicted octanol–water partition coefficient (Wildman–Crippen LogP) is 1.86. The molecule has 0 bridgehead atoms. The summed E-state index contributed by atoms with van der Waals surface area (Å²) in [5, 5.41) is 8.80. The van der Waals surface area contributed by atoms with Crippen molar-refractivity contribution in [1.29, 1.82) is 0 Å². The number of halogens is 1. The minimum absolute atomic E-state index is 0.0416. The molecule has 1 N–H and O–H groups in total. The number of hydrogen-bond donors (Lipinski definition) is 1. The van der Waals surface area contributed by atoms with Gasteiger partial charge in [0.1, 0.15) is 6.61 Å². The van der Waals surface area contributed by atoms with E-state index in [4.69, 9.17) is 9.84 Å². The summed E-state index contributed by atoms with van der Waals surface area (Å²) in [6, 6.07) is 0. The Balaban J connectivity index is 2.74. The highest BCUT2D eigenvalue weighted by Crippen LogP contribution is 2.13. The third-order valence-electron chi connectivity index (χ3n) is 1.58. The monoisotopic (exact) mass is 274 g/mol. The Hall–Kier alpha value is -1.01. The van der Waals surface area contributed by atoms with Crippen LogP contribution in [0.1, 0.15) is 29.7 Å². The normalized spacial score (nSPS) is 10.3. The van der Waals surface area contributed by atoms with Crippen molar-refractivity contribution < 1.29 is 14.6 Å². The summed E-state index contributed by atoms with van der Waals surface area (Å²) in [7, 11) is 0. The lowest BCUT2D eigenvalue weighted by Gasteiger charge is -2.03. The molecule has 15 heavy (non-hydrogen) atoms. The van der Waals surface area contributed by atoms with Crippen LogP contribution in [-0.2, 0) is 11.3 Å². The standard InChI is InChI=1S/C9H11BrN2O3/c1-2-3-15-5-7-11-4-6(10)8(12-7)9(13)14/h4H,2-3,5H2,1H3,(H,13,14). The van der Waals surface area contributed by atoms with E-state index >= 15 is 0 Å². The molecule has 1 aromatic heterocycles. The van der Waals surface area contributed by atoms with Crippen LogP contribution in [0.2, 0.25) is 0 Å². The van der Waals surface area contributed by atoms with Crippen LogP contribution in [0.15, 0.2) is 10.7 Å². The second-order valence-corrected chi connectivity index (χ2v) is 3.69. The number of carboxylic acid groups (broad SMARTS) is 1. The highest BCUT2D eigenvalue weighted by Gasteiger charge is 2.11. The molecule has 0 atom stereocenters. The zero-order valence-electron chi connectivity index (χ0n) is 8.23. The highest BCUT2D eigenvalue weighted by atomic mass is 79.9. The second kappa shape index (κ2) is 5.77. The number of aromatic carboxylic acids is 1. The number of aromatic nitrogens is 2. The van der Waals surface area contributed by atoms with Crippen molar-refractivity contribution in [2.45, 2.75) is 20.0 Å². The van der Waals surface area contributed by atoms with Crippen molar-refractivity contribution in [3.63, 3.8) is 0 Å². The fourth-order valence-corrected chi connectivity index (χ4v) is 1.29. The summed E-state index contributed by atoms with van der Waals surface area (Å²) in [6.07, 6.45) is 2.32. The van der Waals surface area contributed by atoms with Crippen molar-refractivity contribution in [1.82, 2.24) is 9.97 Å². The van der Waals surface area contributed by atoms with Crippen LogP contribution >= 0.6 is 15.9 Å². The van der Waals surface area contributed by atoms with Crippen LogP contribution < -0.4 is 0 Å². The molecule has 82 valence electrons. The molecule has 6 heteroatoms. The van der Waals surface area contributed by atoms with Crippen LogP contribution in [0.4, 0.5) is 0 Å². The number of nitrogens with zero attached hydrogens (tertiary/aromatic N) is 2. The Labute approximate surface area is 95.6 Å². The summed E-state index contributed by atoms with van der Waals surface area (Å²) in [4.78, 5) is 18.6. The molecule has 0 amide bonds. The lowest BCUT2D eigenvalue weighted by Crippen LogP contribution is -2.07. The molecule has 0 aliphatic heterocycles. The van der Waals surface area contributed by atoms with Crippen molar-refractivity contribution in [2.24, 2.45) is 0 Å². The zero-order chi connectivity index (χ0) is 11.3. The summed E-state index contributed by atoms with van der Waals surface area (Å²) >= 11 is 3.07. The Morgan fingerprint density at radius 3 is 3.00 bits per heavy atom. The zero-order valence-corrected chi connectivity index (χ0v) is 9.82. The highest BCUT2D eigenvalue weighted by molar-refractivity contribution is 9.10. The van der Waals surface area contributed by atoms with Gasteiger partial charge in [0, 0.05) is 12.8 Å². The van der Waals surface area contributed by atoms with E-state index in [2.05, 4.69) is 25.9 Å². The van der Waals surface area contributed by atoms with E-state index in [1.54, 1.807) is 0 Å². The predicted molar refractivity (Wildman–Crippen MR) is 56.6 cm³/mol. The SMILES string of the molecule is CCCOCc1ncc(Br)c(C(=O)O)n1. The van der Waals surface area contributed by atoms with E-state index in [1.165, 1.54) is 6.20 Å². The Kier molecular flexibility index (Phi) is 4.64. The fourth-order valence-electron chi connectivity index (χ4n) is 0.931. The first-order valence-corrected chi connectivity index (χ1v) is 5.27. The smallest absolute Gasteiger partial charge is 0.355 e. The first-order chi connectivity index (χ1) is 7.15. The number of carbonyl (C=O) groups is 1. The fraction of sp³-hybridized carbons (Fsp3) is 0.444. The number of carboxylic acids is 1. The molecule has 5 nitrogen and oxygen atoms in total. The van der Waals surface area contributed by atoms with Gasteiger partial charge in [-0.3, -0.25) is 0 Å². The van der Waals surface area contributed by atoms with Gasteiger partial charge in [-0.05, 0) is 22.4 Å². The Bertz CT molecular complexity index is 357. The molecule has 1 heterocycles. The molecule has 0 spiro atoms. The largest absolute Gasteiger partial charge is 0.476 e. The Morgan fingerprint density at radius 1 is 1.67 bits per heavy atom. The van der Waals surface area contributed by atoms with Gasteiger partial charge in [0.25, 0.3) is 0 Å². The molecule has 0 aliphatic carbocycles. The lowest BCUT2D eigenvalue weighted by atomic mass is 10.4. The quantitative estimate of drug-likeness (QED) is 0.830. The van der Waals surface area contributed by atoms with Gasteiger partial charge in [0.15, 0.2) is 11.5 Å². The lowest BCUT2D eigenvalue weighted by molar-refractivity contribution is 0.0686. The van der Waals surface area contributed by atoms with Gasteiger partial charge in [-0.15, -0.1) is 0 Å². The van der Waals surface area contributed by atoms with Gasteiger partial charge in [-0.25, -0.2) is 14.8 Å². The molecular formula is C9H11BrN2O3. The van der Waals surface area contributed by atoms with Gasteiger partial charge in [0.05, 0.1) is 4.47 Å². The molecule has 0 aliphatic rings. The van der Waals surface area contributed by atoms with Gasteiger partial charge < -0.3 is 9.84 Å². The molecule has 1 rings (SSSR count). The molecule has 0 fully saturated rings. The average molecular weight is 275 g/mol. The van der Waals surface area contributed by atoms with E-state index in [1.807, 2.05) is 6.92 Å². The van der Waals surface area contributed by atoms with E-state index < -0.39 is 5.97 Å². The van der Waals surface area contributed by atoms with Gasteiger partial charge >= 0.3 is 5.97 Å². The Morgan fingerprint density at radius 2 is 2.40 bits per heavy atom. The van der Waals surface area contributed by atoms with E-state index in [0.29, 0.717) is 16.9 Å². The second-order valence-electron chi connectivity index (χ2n) is 2.84. The van der Waals surface area contributed by atoms with Gasteiger partial charge in [-0.2, -0.15) is 0 Å². The third kappa shape index (κ3) is 3.56. The molecule has 0 saturated heterocycles. The van der Waals surface area contributed by atoms with E-state index in [0.717, 1.165) is 6.42 Å². The van der Waals surface area contributed by atoms with Crippen molar-refractivity contribution in [3.05, 3.63) is 22.2 Å². The molecule has 0 saturated carbocycles. The van der Waals surface area contributed by atoms with Gasteiger partial charge in [-0.1, -0.05) is 6.92 Å². The number of rotatable bonds is 5. The molecule has 0 unspecified atom stereocenters. The maximum absolute atomic E-state index is 10.7.